The Labute approximate surface area is 109 Å². The largest absolute Gasteiger partial charge is 0.478 e. The second kappa shape index (κ2) is 9.11. The Morgan fingerprint density at radius 2 is 1.56 bits per heavy atom. The predicted molar refractivity (Wildman–Crippen MR) is 71.2 cm³/mol. The number of aliphatic hydroxyl groups is 2. The second-order valence-corrected chi connectivity index (χ2v) is 4.88. The van der Waals surface area contributed by atoms with Gasteiger partial charge in [-0.25, -0.2) is 4.79 Å². The van der Waals surface area contributed by atoms with Crippen LogP contribution in [0, 0.1) is 0 Å². The fourth-order valence-electron chi connectivity index (χ4n) is 1.82. The van der Waals surface area contributed by atoms with Crippen LogP contribution in [0.15, 0.2) is 11.6 Å². The van der Waals surface area contributed by atoms with Crippen molar-refractivity contribution in [2.24, 2.45) is 0 Å². The summed E-state index contributed by atoms with van der Waals surface area (Å²) in [6, 6.07) is 0. The van der Waals surface area contributed by atoms with Gasteiger partial charge in [0.2, 0.25) is 0 Å². The summed E-state index contributed by atoms with van der Waals surface area (Å²) >= 11 is 0. The smallest absolute Gasteiger partial charge is 0.331 e. The summed E-state index contributed by atoms with van der Waals surface area (Å²) in [7, 11) is 0. The van der Waals surface area contributed by atoms with E-state index in [0.717, 1.165) is 18.9 Å². The summed E-state index contributed by atoms with van der Waals surface area (Å²) in [6.07, 6.45) is 8.82. The minimum Gasteiger partial charge on any atom is -0.478 e. The number of aliphatic carboxylic acids is 1. The highest BCUT2D eigenvalue weighted by molar-refractivity contribution is 5.85. The van der Waals surface area contributed by atoms with E-state index in [-0.39, 0.29) is 12.0 Å². The van der Waals surface area contributed by atoms with Gasteiger partial charge in [0.25, 0.3) is 0 Å². The van der Waals surface area contributed by atoms with Crippen molar-refractivity contribution < 1.29 is 20.1 Å². The van der Waals surface area contributed by atoms with Gasteiger partial charge in [-0.2, -0.15) is 0 Å². The fraction of sp³-hybridized carbons (Fsp3) is 0.786. The van der Waals surface area contributed by atoms with E-state index >= 15 is 0 Å². The molecular formula is C14H26O4. The number of carboxylic acids is 1. The van der Waals surface area contributed by atoms with E-state index in [1.807, 2.05) is 0 Å². The summed E-state index contributed by atoms with van der Waals surface area (Å²) in [5.41, 5.74) is -0.0389. The van der Waals surface area contributed by atoms with E-state index in [2.05, 4.69) is 6.92 Å². The molecule has 0 aromatic heterocycles. The van der Waals surface area contributed by atoms with Gasteiger partial charge in [-0.3, -0.25) is 0 Å². The average Bonchev–Trinajstić information content (AvgIpc) is 2.27. The SMILES string of the molecule is CCCCCCCCCC(O)(O)C=C(C)C(=O)O. The number of hydrogen-bond donors (Lipinski definition) is 3. The van der Waals surface area contributed by atoms with Gasteiger partial charge < -0.3 is 15.3 Å². The van der Waals surface area contributed by atoms with Crippen molar-refractivity contribution >= 4 is 5.97 Å². The molecule has 0 aromatic carbocycles. The fourth-order valence-corrected chi connectivity index (χ4v) is 1.82. The molecule has 4 heteroatoms. The molecule has 0 heterocycles. The van der Waals surface area contributed by atoms with E-state index in [1.165, 1.54) is 32.6 Å². The molecule has 0 spiro atoms. The zero-order chi connectivity index (χ0) is 14.0. The van der Waals surface area contributed by atoms with Crippen molar-refractivity contribution in [3.05, 3.63) is 11.6 Å². The molecule has 0 fully saturated rings. The van der Waals surface area contributed by atoms with Crippen LogP contribution in [0.25, 0.3) is 0 Å². The van der Waals surface area contributed by atoms with Crippen LogP contribution in [0.5, 0.6) is 0 Å². The molecule has 0 saturated carbocycles. The number of carbonyl (C=O) groups is 1. The Kier molecular flexibility index (Phi) is 8.67. The Morgan fingerprint density at radius 3 is 2.06 bits per heavy atom. The first-order valence-corrected chi connectivity index (χ1v) is 6.76. The van der Waals surface area contributed by atoms with Crippen LogP contribution in [-0.2, 0) is 4.79 Å². The summed E-state index contributed by atoms with van der Waals surface area (Å²) in [5.74, 6) is -3.12. The summed E-state index contributed by atoms with van der Waals surface area (Å²) in [4.78, 5) is 10.6. The van der Waals surface area contributed by atoms with Crippen molar-refractivity contribution in [1.82, 2.24) is 0 Å². The van der Waals surface area contributed by atoms with Crippen molar-refractivity contribution in [3.63, 3.8) is 0 Å². The van der Waals surface area contributed by atoms with Crippen LogP contribution in [0.3, 0.4) is 0 Å². The first-order valence-electron chi connectivity index (χ1n) is 6.76. The van der Waals surface area contributed by atoms with Gasteiger partial charge in [0.05, 0.1) is 0 Å². The highest BCUT2D eigenvalue weighted by Gasteiger charge is 2.20. The van der Waals surface area contributed by atoms with Crippen LogP contribution < -0.4 is 0 Å². The second-order valence-electron chi connectivity index (χ2n) is 4.88. The van der Waals surface area contributed by atoms with E-state index in [1.54, 1.807) is 0 Å². The van der Waals surface area contributed by atoms with Gasteiger partial charge in [0, 0.05) is 12.0 Å². The Hall–Kier alpha value is -0.870. The quantitative estimate of drug-likeness (QED) is 0.320. The van der Waals surface area contributed by atoms with Crippen molar-refractivity contribution in [1.29, 1.82) is 0 Å². The molecule has 0 saturated heterocycles. The topological polar surface area (TPSA) is 77.8 Å². The van der Waals surface area contributed by atoms with E-state index in [0.29, 0.717) is 6.42 Å². The molecular weight excluding hydrogens is 232 g/mol. The minimum absolute atomic E-state index is 0.0389. The number of unbranched alkanes of at least 4 members (excludes halogenated alkanes) is 6. The first-order chi connectivity index (χ1) is 8.39. The maximum Gasteiger partial charge on any atom is 0.331 e. The van der Waals surface area contributed by atoms with E-state index in [4.69, 9.17) is 5.11 Å². The number of carboxylic acid groups (broad SMARTS) is 1. The van der Waals surface area contributed by atoms with Crippen molar-refractivity contribution in [2.45, 2.75) is 71.0 Å². The van der Waals surface area contributed by atoms with Crippen LogP contribution in [0.4, 0.5) is 0 Å². The molecule has 4 nitrogen and oxygen atoms in total. The van der Waals surface area contributed by atoms with Gasteiger partial charge in [0.15, 0.2) is 5.79 Å². The zero-order valence-corrected chi connectivity index (χ0v) is 11.5. The third-order valence-corrected chi connectivity index (χ3v) is 2.93. The Balaban J connectivity index is 3.77. The zero-order valence-electron chi connectivity index (χ0n) is 11.5. The lowest BCUT2D eigenvalue weighted by atomic mass is 10.0. The number of hydrogen-bond acceptors (Lipinski definition) is 3. The minimum atomic E-state index is -1.99. The molecule has 0 aromatic rings. The standard InChI is InChI=1S/C14H26O4/c1-3-4-5-6-7-8-9-10-14(17,18)11-12(2)13(15)16/h11,17-18H,3-10H2,1-2H3,(H,15,16). The van der Waals surface area contributed by atoms with Crippen molar-refractivity contribution in [2.75, 3.05) is 0 Å². The van der Waals surface area contributed by atoms with Gasteiger partial charge in [-0.05, 0) is 19.4 Å². The van der Waals surface area contributed by atoms with E-state index in [9.17, 15) is 15.0 Å². The third-order valence-electron chi connectivity index (χ3n) is 2.93. The molecule has 0 atom stereocenters. The lowest BCUT2D eigenvalue weighted by Crippen LogP contribution is -2.26. The van der Waals surface area contributed by atoms with Crippen LogP contribution in [0.1, 0.15) is 65.2 Å². The third kappa shape index (κ3) is 9.19. The Bertz CT molecular complexity index is 269. The highest BCUT2D eigenvalue weighted by Crippen LogP contribution is 2.17. The normalized spacial score (nSPS) is 12.8. The number of rotatable bonds is 10. The lowest BCUT2D eigenvalue weighted by Gasteiger charge is -2.17. The molecule has 0 amide bonds. The molecule has 0 aliphatic heterocycles. The van der Waals surface area contributed by atoms with Crippen molar-refractivity contribution in [3.8, 4) is 0 Å². The monoisotopic (exact) mass is 258 g/mol. The molecule has 0 aliphatic carbocycles. The molecule has 0 rings (SSSR count). The van der Waals surface area contributed by atoms with Crippen LogP contribution >= 0.6 is 0 Å². The highest BCUT2D eigenvalue weighted by atomic mass is 16.5. The summed E-state index contributed by atoms with van der Waals surface area (Å²) in [5, 5.41) is 27.8. The maximum atomic E-state index is 10.6. The Morgan fingerprint density at radius 1 is 1.06 bits per heavy atom. The molecule has 0 aliphatic rings. The maximum absolute atomic E-state index is 10.6. The van der Waals surface area contributed by atoms with Gasteiger partial charge in [-0.1, -0.05) is 45.4 Å². The molecule has 0 unspecified atom stereocenters. The molecule has 106 valence electrons. The summed E-state index contributed by atoms with van der Waals surface area (Å²) in [6.45, 7) is 3.53. The molecule has 3 N–H and O–H groups in total. The predicted octanol–water partition coefficient (Wildman–Crippen LogP) is 2.84. The molecule has 18 heavy (non-hydrogen) atoms. The van der Waals surface area contributed by atoms with Gasteiger partial charge in [0.1, 0.15) is 0 Å². The van der Waals surface area contributed by atoms with Gasteiger partial charge in [-0.15, -0.1) is 0 Å². The molecule has 0 radical (unpaired) electrons. The lowest BCUT2D eigenvalue weighted by molar-refractivity contribution is -0.136. The van der Waals surface area contributed by atoms with Crippen LogP contribution in [0.2, 0.25) is 0 Å². The van der Waals surface area contributed by atoms with E-state index < -0.39 is 11.8 Å². The van der Waals surface area contributed by atoms with Crippen LogP contribution in [-0.4, -0.2) is 27.1 Å². The van der Waals surface area contributed by atoms with Gasteiger partial charge >= 0.3 is 5.97 Å². The first kappa shape index (κ1) is 17.1. The average molecular weight is 258 g/mol. The molecule has 0 bridgehead atoms. The summed E-state index contributed by atoms with van der Waals surface area (Å²) < 4.78 is 0.